The number of hydrogen-bond donors (Lipinski definition) is 2. The number of oxime groups is 1. The van der Waals surface area contributed by atoms with Gasteiger partial charge in [-0.25, -0.2) is 0 Å². The highest BCUT2D eigenvalue weighted by Crippen LogP contribution is 2.12. The minimum absolute atomic E-state index is 0.0786. The third kappa shape index (κ3) is 1.31. The molecule has 0 bridgehead atoms. The number of hydrogen-bond acceptors (Lipinski definition) is 5. The van der Waals surface area contributed by atoms with Crippen LogP contribution < -0.4 is 5.73 Å². The van der Waals surface area contributed by atoms with Crippen LogP contribution in [0.25, 0.3) is 11.0 Å². The molecule has 6 heteroatoms. The van der Waals surface area contributed by atoms with Crippen LogP contribution in [0.15, 0.2) is 23.4 Å². The fraction of sp³-hybridized carbons (Fsp3) is 0. The molecule has 1 heterocycles. The van der Waals surface area contributed by atoms with Crippen LogP contribution in [0.1, 0.15) is 5.56 Å². The Morgan fingerprint density at radius 2 is 2.15 bits per heavy atom. The van der Waals surface area contributed by atoms with Crippen molar-refractivity contribution in [1.29, 1.82) is 0 Å². The quantitative estimate of drug-likeness (QED) is 0.304. The molecule has 0 saturated carbocycles. The van der Waals surface area contributed by atoms with Crippen molar-refractivity contribution in [3.8, 4) is 0 Å². The zero-order valence-electron chi connectivity index (χ0n) is 6.51. The molecule has 0 saturated heterocycles. The highest BCUT2D eigenvalue weighted by Gasteiger charge is 2.02. The Kier molecular flexibility index (Phi) is 1.82. The van der Waals surface area contributed by atoms with Gasteiger partial charge in [0, 0.05) is 5.56 Å². The lowest BCUT2D eigenvalue weighted by atomic mass is 10.2. The van der Waals surface area contributed by atoms with Crippen molar-refractivity contribution in [3.05, 3.63) is 23.8 Å². The van der Waals surface area contributed by atoms with E-state index in [1.54, 1.807) is 18.2 Å². The standard InChI is InChI=1S/C7H6N4OS/c8-7(9-12)4-1-2-5-6(3-4)11-13-10-5/h1-3,12H,(H2,8,9). The molecule has 0 atom stereocenters. The van der Waals surface area contributed by atoms with E-state index in [-0.39, 0.29) is 5.84 Å². The van der Waals surface area contributed by atoms with E-state index in [0.29, 0.717) is 5.56 Å². The van der Waals surface area contributed by atoms with E-state index in [0.717, 1.165) is 22.8 Å². The van der Waals surface area contributed by atoms with Crippen molar-refractivity contribution in [2.24, 2.45) is 10.9 Å². The molecule has 0 amide bonds. The summed E-state index contributed by atoms with van der Waals surface area (Å²) < 4.78 is 8.07. The van der Waals surface area contributed by atoms with Gasteiger partial charge in [0.2, 0.25) is 0 Å². The summed E-state index contributed by atoms with van der Waals surface area (Å²) in [5.41, 5.74) is 7.63. The van der Waals surface area contributed by atoms with Crippen molar-refractivity contribution >= 4 is 28.6 Å². The Morgan fingerprint density at radius 3 is 2.92 bits per heavy atom. The summed E-state index contributed by atoms with van der Waals surface area (Å²) in [4.78, 5) is 0. The zero-order chi connectivity index (χ0) is 9.26. The van der Waals surface area contributed by atoms with Gasteiger partial charge in [-0.15, -0.1) is 0 Å². The highest BCUT2D eigenvalue weighted by atomic mass is 32.1. The van der Waals surface area contributed by atoms with Gasteiger partial charge in [-0.05, 0) is 18.2 Å². The first-order valence-corrected chi connectivity index (χ1v) is 4.24. The molecule has 13 heavy (non-hydrogen) atoms. The predicted molar refractivity (Wildman–Crippen MR) is 49.9 cm³/mol. The van der Waals surface area contributed by atoms with Gasteiger partial charge in [0.05, 0.1) is 11.7 Å². The van der Waals surface area contributed by atoms with Crippen LogP contribution in [0, 0.1) is 0 Å². The van der Waals surface area contributed by atoms with Crippen molar-refractivity contribution < 1.29 is 5.21 Å². The minimum Gasteiger partial charge on any atom is -0.409 e. The molecule has 1 aromatic heterocycles. The number of amidine groups is 1. The lowest BCUT2D eigenvalue weighted by Crippen LogP contribution is -2.12. The monoisotopic (exact) mass is 194 g/mol. The maximum Gasteiger partial charge on any atom is 0.170 e. The molecule has 0 spiro atoms. The van der Waals surface area contributed by atoms with E-state index in [1.165, 1.54) is 0 Å². The molecular weight excluding hydrogens is 188 g/mol. The van der Waals surface area contributed by atoms with Crippen LogP contribution in [0.2, 0.25) is 0 Å². The number of nitrogens with zero attached hydrogens (tertiary/aromatic N) is 3. The largest absolute Gasteiger partial charge is 0.409 e. The third-order valence-corrected chi connectivity index (χ3v) is 2.21. The SMILES string of the molecule is NC(=NO)c1ccc2nsnc2c1. The van der Waals surface area contributed by atoms with Gasteiger partial charge in [0.1, 0.15) is 11.0 Å². The molecule has 0 aliphatic rings. The summed E-state index contributed by atoms with van der Waals surface area (Å²) in [5, 5.41) is 11.3. The average Bonchev–Trinajstić information content (AvgIpc) is 2.63. The number of rotatable bonds is 1. The molecule has 5 nitrogen and oxygen atoms in total. The van der Waals surface area contributed by atoms with Gasteiger partial charge in [0.15, 0.2) is 5.84 Å². The molecular formula is C7H6N4OS. The lowest BCUT2D eigenvalue weighted by molar-refractivity contribution is 0.318. The Balaban J connectivity index is 2.60. The molecule has 2 rings (SSSR count). The number of fused-ring (bicyclic) bond motifs is 1. The maximum atomic E-state index is 8.44. The van der Waals surface area contributed by atoms with Crippen LogP contribution in [0.4, 0.5) is 0 Å². The first-order valence-electron chi connectivity index (χ1n) is 3.51. The van der Waals surface area contributed by atoms with E-state index < -0.39 is 0 Å². The van der Waals surface area contributed by atoms with Crippen LogP contribution >= 0.6 is 11.7 Å². The summed E-state index contributed by atoms with van der Waals surface area (Å²) in [6, 6.07) is 5.25. The number of aromatic nitrogens is 2. The Bertz CT molecular complexity index is 464. The molecule has 0 fully saturated rings. The van der Waals surface area contributed by atoms with E-state index in [2.05, 4.69) is 13.9 Å². The van der Waals surface area contributed by atoms with Crippen LogP contribution in [0.5, 0.6) is 0 Å². The molecule has 3 N–H and O–H groups in total. The van der Waals surface area contributed by atoms with Crippen LogP contribution in [-0.4, -0.2) is 19.8 Å². The molecule has 0 unspecified atom stereocenters. The Labute approximate surface area is 77.8 Å². The third-order valence-electron chi connectivity index (χ3n) is 1.66. The molecule has 0 radical (unpaired) electrons. The topological polar surface area (TPSA) is 84.4 Å². The van der Waals surface area contributed by atoms with Gasteiger partial charge < -0.3 is 10.9 Å². The van der Waals surface area contributed by atoms with Crippen molar-refractivity contribution in [2.45, 2.75) is 0 Å². The summed E-state index contributed by atoms with van der Waals surface area (Å²) >= 11 is 1.14. The van der Waals surface area contributed by atoms with Gasteiger partial charge in [0.25, 0.3) is 0 Å². The number of nitrogens with two attached hydrogens (primary N) is 1. The number of benzene rings is 1. The Morgan fingerprint density at radius 1 is 1.38 bits per heavy atom. The maximum absolute atomic E-state index is 8.44. The summed E-state index contributed by atoms with van der Waals surface area (Å²) in [7, 11) is 0. The van der Waals surface area contributed by atoms with Crippen molar-refractivity contribution in [1.82, 2.24) is 8.75 Å². The fourth-order valence-electron chi connectivity index (χ4n) is 0.999. The second-order valence-corrected chi connectivity index (χ2v) is 2.98. The summed E-state index contributed by atoms with van der Waals surface area (Å²) in [6.07, 6.45) is 0. The van der Waals surface area contributed by atoms with Gasteiger partial charge in [-0.1, -0.05) is 5.16 Å². The Hall–Kier alpha value is -1.69. The molecule has 2 aromatic rings. The van der Waals surface area contributed by atoms with E-state index >= 15 is 0 Å². The minimum atomic E-state index is 0.0786. The van der Waals surface area contributed by atoms with E-state index in [9.17, 15) is 0 Å². The van der Waals surface area contributed by atoms with Gasteiger partial charge >= 0.3 is 0 Å². The van der Waals surface area contributed by atoms with E-state index in [1.807, 2.05) is 0 Å². The molecule has 1 aromatic carbocycles. The average molecular weight is 194 g/mol. The van der Waals surface area contributed by atoms with Crippen molar-refractivity contribution in [2.75, 3.05) is 0 Å². The normalized spacial score (nSPS) is 12.2. The zero-order valence-corrected chi connectivity index (χ0v) is 7.32. The second-order valence-electron chi connectivity index (χ2n) is 2.45. The van der Waals surface area contributed by atoms with Gasteiger partial charge in [-0.2, -0.15) is 8.75 Å². The molecule has 0 aliphatic heterocycles. The van der Waals surface area contributed by atoms with Crippen LogP contribution in [-0.2, 0) is 0 Å². The van der Waals surface area contributed by atoms with Crippen LogP contribution in [0.3, 0.4) is 0 Å². The first kappa shape index (κ1) is 7.93. The van der Waals surface area contributed by atoms with E-state index in [4.69, 9.17) is 10.9 Å². The summed E-state index contributed by atoms with van der Waals surface area (Å²) in [5.74, 6) is 0.0786. The smallest absolute Gasteiger partial charge is 0.170 e. The summed E-state index contributed by atoms with van der Waals surface area (Å²) in [6.45, 7) is 0. The van der Waals surface area contributed by atoms with Crippen molar-refractivity contribution in [3.63, 3.8) is 0 Å². The second kappa shape index (κ2) is 2.98. The fourth-order valence-corrected chi connectivity index (χ4v) is 1.52. The van der Waals surface area contributed by atoms with Gasteiger partial charge in [-0.3, -0.25) is 0 Å². The lowest BCUT2D eigenvalue weighted by Gasteiger charge is -1.96. The molecule has 66 valence electrons. The highest BCUT2D eigenvalue weighted by molar-refractivity contribution is 7.00. The molecule has 0 aliphatic carbocycles. The predicted octanol–water partition coefficient (Wildman–Crippen LogP) is 0.786. The first-order chi connectivity index (χ1) is 6.31.